The van der Waals surface area contributed by atoms with Crippen molar-refractivity contribution in [2.24, 2.45) is 10.3 Å². The van der Waals surface area contributed by atoms with Gasteiger partial charge in [0.15, 0.2) is 5.84 Å². The van der Waals surface area contributed by atoms with E-state index >= 15 is 0 Å². The maximum absolute atomic E-state index is 6.09. The van der Waals surface area contributed by atoms with Gasteiger partial charge in [0.05, 0.1) is 0 Å². The SMILES string of the molecule is CN(N=C1CCCCC1)C1=NOCc2ccc(Cl)cc21. The van der Waals surface area contributed by atoms with Crippen molar-refractivity contribution in [3.63, 3.8) is 0 Å². The molecule has 2 aliphatic rings. The standard InChI is InChI=1S/C15H18ClN3O/c1-19(17-13-5-3-2-4-6-13)15-14-9-12(16)8-7-11(14)10-20-18-15/h7-9H,2-6,10H2,1H3. The zero-order valence-electron chi connectivity index (χ0n) is 11.6. The molecule has 0 atom stereocenters. The van der Waals surface area contributed by atoms with Gasteiger partial charge in [0.1, 0.15) is 6.61 Å². The Bertz CT molecular complexity index is 560. The fourth-order valence-electron chi connectivity index (χ4n) is 2.65. The smallest absolute Gasteiger partial charge is 0.195 e. The fraction of sp³-hybridized carbons (Fsp3) is 0.467. The first-order chi connectivity index (χ1) is 9.74. The second kappa shape index (κ2) is 5.83. The van der Waals surface area contributed by atoms with Crippen LogP contribution in [0, 0.1) is 0 Å². The Balaban J connectivity index is 1.87. The van der Waals surface area contributed by atoms with Gasteiger partial charge in [-0.2, -0.15) is 5.10 Å². The predicted octanol–water partition coefficient (Wildman–Crippen LogP) is 3.78. The molecule has 4 nitrogen and oxygen atoms in total. The quantitative estimate of drug-likeness (QED) is 0.738. The van der Waals surface area contributed by atoms with Gasteiger partial charge in [-0.15, -0.1) is 0 Å². The van der Waals surface area contributed by atoms with Crippen molar-refractivity contribution >= 4 is 23.1 Å². The van der Waals surface area contributed by atoms with Crippen molar-refractivity contribution in [3.8, 4) is 0 Å². The molecule has 106 valence electrons. The molecule has 5 heteroatoms. The molecule has 20 heavy (non-hydrogen) atoms. The van der Waals surface area contributed by atoms with Crippen LogP contribution >= 0.6 is 11.6 Å². The van der Waals surface area contributed by atoms with Gasteiger partial charge in [-0.3, -0.25) is 0 Å². The second-order valence-electron chi connectivity index (χ2n) is 5.24. The lowest BCUT2D eigenvalue weighted by molar-refractivity contribution is 0.121. The van der Waals surface area contributed by atoms with E-state index in [1.165, 1.54) is 25.0 Å². The van der Waals surface area contributed by atoms with Crippen molar-refractivity contribution in [3.05, 3.63) is 34.3 Å². The Hall–Kier alpha value is -1.55. The Kier molecular flexibility index (Phi) is 3.92. The van der Waals surface area contributed by atoms with E-state index in [1.807, 2.05) is 30.3 Å². The van der Waals surface area contributed by atoms with E-state index < -0.39 is 0 Å². The molecule has 1 fully saturated rings. The topological polar surface area (TPSA) is 37.2 Å². The van der Waals surface area contributed by atoms with Crippen molar-refractivity contribution in [1.29, 1.82) is 0 Å². The summed E-state index contributed by atoms with van der Waals surface area (Å²) in [6, 6.07) is 5.78. The number of halogens is 1. The van der Waals surface area contributed by atoms with Gasteiger partial charge in [-0.1, -0.05) is 29.2 Å². The first kappa shape index (κ1) is 13.4. The number of hydrazone groups is 1. The first-order valence-corrected chi connectivity index (χ1v) is 7.40. The molecular weight excluding hydrogens is 274 g/mol. The van der Waals surface area contributed by atoms with Crippen LogP contribution < -0.4 is 0 Å². The lowest BCUT2D eigenvalue weighted by Crippen LogP contribution is -2.28. The molecule has 1 aliphatic heterocycles. The minimum absolute atomic E-state index is 0.487. The van der Waals surface area contributed by atoms with Gasteiger partial charge >= 0.3 is 0 Å². The number of rotatable bonds is 1. The van der Waals surface area contributed by atoms with Crippen LogP contribution in [0.2, 0.25) is 5.02 Å². The molecule has 0 unspecified atom stereocenters. The third-order valence-corrected chi connectivity index (χ3v) is 3.95. The molecule has 0 saturated heterocycles. The third-order valence-electron chi connectivity index (χ3n) is 3.71. The molecule has 1 aromatic carbocycles. The number of oxime groups is 1. The summed E-state index contributed by atoms with van der Waals surface area (Å²) in [5.74, 6) is 0.729. The van der Waals surface area contributed by atoms with Crippen LogP contribution in [0.25, 0.3) is 0 Å². The minimum atomic E-state index is 0.487. The summed E-state index contributed by atoms with van der Waals surface area (Å²) < 4.78 is 0. The van der Waals surface area contributed by atoms with Gasteiger partial charge in [-0.25, -0.2) is 5.01 Å². The molecule has 1 heterocycles. The number of fused-ring (bicyclic) bond motifs is 1. The summed E-state index contributed by atoms with van der Waals surface area (Å²) in [5.41, 5.74) is 3.34. The monoisotopic (exact) mass is 291 g/mol. The largest absolute Gasteiger partial charge is 0.389 e. The van der Waals surface area contributed by atoms with Crippen molar-refractivity contribution in [2.45, 2.75) is 38.7 Å². The highest BCUT2D eigenvalue weighted by Gasteiger charge is 2.20. The average Bonchev–Trinajstić information content (AvgIpc) is 2.47. The summed E-state index contributed by atoms with van der Waals surface area (Å²) in [6.07, 6.45) is 5.95. The highest BCUT2D eigenvalue weighted by Crippen LogP contribution is 2.23. The Morgan fingerprint density at radius 3 is 2.85 bits per heavy atom. The molecule has 1 aliphatic carbocycles. The lowest BCUT2D eigenvalue weighted by Gasteiger charge is -2.23. The number of benzene rings is 1. The number of hydrogen-bond acceptors (Lipinski definition) is 4. The number of nitrogens with zero attached hydrogens (tertiary/aromatic N) is 3. The lowest BCUT2D eigenvalue weighted by atomic mass is 9.99. The van der Waals surface area contributed by atoms with Crippen molar-refractivity contribution in [1.82, 2.24) is 5.01 Å². The van der Waals surface area contributed by atoms with E-state index in [1.54, 1.807) is 0 Å². The van der Waals surface area contributed by atoms with Crippen LogP contribution in [0.4, 0.5) is 0 Å². The highest BCUT2D eigenvalue weighted by molar-refractivity contribution is 6.31. The molecule has 0 aromatic heterocycles. The summed E-state index contributed by atoms with van der Waals surface area (Å²) in [5, 5.41) is 11.4. The summed E-state index contributed by atoms with van der Waals surface area (Å²) in [4.78, 5) is 5.29. The predicted molar refractivity (Wildman–Crippen MR) is 81.1 cm³/mol. The van der Waals surface area contributed by atoms with Crippen LogP contribution in [-0.2, 0) is 11.4 Å². The maximum Gasteiger partial charge on any atom is 0.195 e. The van der Waals surface area contributed by atoms with Crippen LogP contribution in [-0.4, -0.2) is 23.6 Å². The van der Waals surface area contributed by atoms with E-state index in [2.05, 4.69) is 10.3 Å². The van der Waals surface area contributed by atoms with Gasteiger partial charge in [0.2, 0.25) is 0 Å². The third kappa shape index (κ3) is 2.80. The number of hydrogen-bond donors (Lipinski definition) is 0. The van der Waals surface area contributed by atoms with E-state index in [0.29, 0.717) is 11.6 Å². The van der Waals surface area contributed by atoms with Crippen LogP contribution in [0.5, 0.6) is 0 Å². The summed E-state index contributed by atoms with van der Waals surface area (Å²) >= 11 is 6.09. The van der Waals surface area contributed by atoms with E-state index in [0.717, 1.165) is 29.8 Å². The maximum atomic E-state index is 6.09. The van der Waals surface area contributed by atoms with Gasteiger partial charge < -0.3 is 4.84 Å². The van der Waals surface area contributed by atoms with Crippen LogP contribution in [0.15, 0.2) is 28.5 Å². The Morgan fingerprint density at radius 2 is 2.05 bits per heavy atom. The molecule has 0 bridgehead atoms. The molecule has 0 spiro atoms. The van der Waals surface area contributed by atoms with Crippen molar-refractivity contribution < 1.29 is 4.84 Å². The van der Waals surface area contributed by atoms with Gasteiger partial charge in [-0.05, 0) is 37.8 Å². The Labute approximate surface area is 124 Å². The molecule has 1 saturated carbocycles. The fourth-order valence-corrected chi connectivity index (χ4v) is 2.82. The molecule has 0 amide bonds. The van der Waals surface area contributed by atoms with E-state index in [4.69, 9.17) is 16.4 Å². The van der Waals surface area contributed by atoms with Crippen LogP contribution in [0.3, 0.4) is 0 Å². The molecule has 3 rings (SSSR count). The molecular formula is C15H18ClN3O. The average molecular weight is 292 g/mol. The normalized spacial score (nSPS) is 17.9. The van der Waals surface area contributed by atoms with E-state index in [9.17, 15) is 0 Å². The molecule has 0 N–H and O–H groups in total. The Morgan fingerprint density at radius 1 is 1.25 bits per heavy atom. The summed E-state index contributed by atoms with van der Waals surface area (Å²) in [7, 11) is 1.92. The molecule has 1 aromatic rings. The van der Waals surface area contributed by atoms with Gasteiger partial charge in [0.25, 0.3) is 0 Å². The second-order valence-corrected chi connectivity index (χ2v) is 5.68. The number of amidine groups is 1. The zero-order valence-corrected chi connectivity index (χ0v) is 12.4. The highest BCUT2D eigenvalue weighted by atomic mass is 35.5. The van der Waals surface area contributed by atoms with E-state index in [-0.39, 0.29) is 0 Å². The first-order valence-electron chi connectivity index (χ1n) is 7.03. The van der Waals surface area contributed by atoms with Crippen molar-refractivity contribution in [2.75, 3.05) is 7.05 Å². The van der Waals surface area contributed by atoms with Crippen LogP contribution in [0.1, 0.15) is 43.2 Å². The molecule has 0 radical (unpaired) electrons. The zero-order chi connectivity index (χ0) is 13.9. The van der Waals surface area contributed by atoms with Gasteiger partial charge in [0, 0.05) is 28.9 Å². The minimum Gasteiger partial charge on any atom is -0.389 e. The summed E-state index contributed by atoms with van der Waals surface area (Å²) in [6.45, 7) is 0.487.